The van der Waals surface area contributed by atoms with Gasteiger partial charge in [-0.15, -0.1) is 5.10 Å². The smallest absolute Gasteiger partial charge is 0.246 e. The third-order valence-corrected chi connectivity index (χ3v) is 6.03. The molecule has 2 fully saturated rings. The Balaban J connectivity index is 1.38. The molecule has 2 aliphatic heterocycles. The average molecular weight is 411 g/mol. The molecule has 0 amide bonds. The lowest BCUT2D eigenvalue weighted by atomic mass is 9.77. The number of benzene rings is 2. The van der Waals surface area contributed by atoms with Crippen molar-refractivity contribution in [2.24, 2.45) is 0 Å². The molecule has 0 bridgehead atoms. The number of aryl methyl sites for hydroxylation is 1. The number of ether oxygens (including phenoxy) is 1. The fourth-order valence-corrected chi connectivity index (χ4v) is 4.45. The van der Waals surface area contributed by atoms with Gasteiger partial charge < -0.3 is 15.0 Å². The quantitative estimate of drug-likeness (QED) is 0.692. The second kappa shape index (κ2) is 7.36. The van der Waals surface area contributed by atoms with E-state index in [1.54, 1.807) is 0 Å². The zero-order valence-corrected chi connectivity index (χ0v) is 16.7. The van der Waals surface area contributed by atoms with Crippen LogP contribution in [0.25, 0.3) is 5.69 Å². The number of halogens is 2. The monoisotopic (exact) mass is 411 g/mol. The maximum Gasteiger partial charge on any atom is 0.246 e. The largest absolute Gasteiger partial charge is 0.381 e. The van der Waals surface area contributed by atoms with Gasteiger partial charge in [0.1, 0.15) is 18.0 Å². The minimum atomic E-state index is -0.657. The molecule has 0 saturated carbocycles. The van der Waals surface area contributed by atoms with Crippen LogP contribution >= 0.6 is 0 Å². The maximum absolute atomic E-state index is 13.5. The van der Waals surface area contributed by atoms with Gasteiger partial charge in [-0.25, -0.2) is 13.5 Å². The molecular formula is C22H23F2N5O. The molecular weight excluding hydrogens is 388 g/mol. The van der Waals surface area contributed by atoms with Crippen molar-refractivity contribution >= 4 is 17.3 Å². The van der Waals surface area contributed by atoms with Crippen molar-refractivity contribution in [1.29, 1.82) is 0 Å². The summed E-state index contributed by atoms with van der Waals surface area (Å²) >= 11 is 0. The highest BCUT2D eigenvalue weighted by Gasteiger charge is 2.45. The standard InChI is InChI=1S/C22H23F2N5O/c1-15-8-18(13-19(9-15)28-5-2-22(28)3-6-30-7-4-22)26-21-25-14-29(27-21)20-11-16(23)10-17(24)12-20/h8-14H,2-7H2,1H3,(H,26,27). The number of hydrogen-bond donors (Lipinski definition) is 1. The van der Waals surface area contributed by atoms with Crippen LogP contribution in [0.5, 0.6) is 0 Å². The number of rotatable bonds is 4. The molecule has 30 heavy (non-hydrogen) atoms. The van der Waals surface area contributed by atoms with E-state index in [0.717, 1.165) is 49.9 Å². The number of aromatic nitrogens is 3. The molecule has 1 N–H and O–H groups in total. The van der Waals surface area contributed by atoms with Crippen molar-refractivity contribution in [3.8, 4) is 5.69 Å². The Hall–Kier alpha value is -3.00. The Labute approximate surface area is 173 Å². The lowest BCUT2D eigenvalue weighted by Crippen LogP contribution is -2.62. The van der Waals surface area contributed by atoms with Gasteiger partial charge in [0.05, 0.1) is 5.69 Å². The van der Waals surface area contributed by atoms with Gasteiger partial charge >= 0.3 is 0 Å². The minimum absolute atomic E-state index is 0.213. The number of anilines is 3. The summed E-state index contributed by atoms with van der Waals surface area (Å²) in [5.74, 6) is -0.953. The molecule has 0 radical (unpaired) electrons. The fourth-order valence-electron chi connectivity index (χ4n) is 4.45. The van der Waals surface area contributed by atoms with Gasteiger partial charge in [0.25, 0.3) is 0 Å². The second-order valence-electron chi connectivity index (χ2n) is 8.06. The molecule has 0 aliphatic carbocycles. The number of nitrogens with one attached hydrogen (secondary N) is 1. The van der Waals surface area contributed by atoms with E-state index in [2.05, 4.69) is 39.4 Å². The van der Waals surface area contributed by atoms with E-state index in [1.807, 2.05) is 6.07 Å². The molecule has 6 nitrogen and oxygen atoms in total. The van der Waals surface area contributed by atoms with Crippen molar-refractivity contribution in [3.63, 3.8) is 0 Å². The molecule has 2 aromatic carbocycles. The van der Waals surface area contributed by atoms with E-state index in [4.69, 9.17) is 4.74 Å². The van der Waals surface area contributed by atoms with Crippen molar-refractivity contribution in [3.05, 3.63) is 59.9 Å². The highest BCUT2D eigenvalue weighted by molar-refractivity contribution is 5.66. The summed E-state index contributed by atoms with van der Waals surface area (Å²) in [7, 11) is 0. The maximum atomic E-state index is 13.5. The first kappa shape index (κ1) is 19.0. The van der Waals surface area contributed by atoms with Crippen LogP contribution in [0.3, 0.4) is 0 Å². The highest BCUT2D eigenvalue weighted by Crippen LogP contribution is 2.43. The summed E-state index contributed by atoms with van der Waals surface area (Å²) in [6.07, 6.45) is 4.74. The summed E-state index contributed by atoms with van der Waals surface area (Å²) in [6, 6.07) is 9.58. The summed E-state index contributed by atoms with van der Waals surface area (Å²) in [5.41, 5.74) is 3.68. The summed E-state index contributed by atoms with van der Waals surface area (Å²) < 4.78 is 33.9. The van der Waals surface area contributed by atoms with Gasteiger partial charge in [0, 0.05) is 42.7 Å². The third kappa shape index (κ3) is 3.52. The zero-order valence-electron chi connectivity index (χ0n) is 16.7. The molecule has 5 rings (SSSR count). The summed E-state index contributed by atoms with van der Waals surface area (Å²) in [4.78, 5) is 6.72. The van der Waals surface area contributed by atoms with Gasteiger partial charge in [-0.1, -0.05) is 0 Å². The van der Waals surface area contributed by atoms with Gasteiger partial charge in [0.2, 0.25) is 5.95 Å². The van der Waals surface area contributed by atoms with Crippen LogP contribution in [0.15, 0.2) is 42.7 Å². The molecule has 2 saturated heterocycles. The molecule has 156 valence electrons. The SMILES string of the molecule is Cc1cc(Nc2ncn(-c3cc(F)cc(F)c3)n2)cc(N2CCC23CCOCC3)c1. The Bertz CT molecular complexity index is 1060. The van der Waals surface area contributed by atoms with Crippen LogP contribution in [-0.2, 0) is 4.74 Å². The van der Waals surface area contributed by atoms with E-state index in [1.165, 1.54) is 35.3 Å². The zero-order chi connectivity index (χ0) is 20.7. The van der Waals surface area contributed by atoms with E-state index >= 15 is 0 Å². The van der Waals surface area contributed by atoms with Crippen LogP contribution in [0.4, 0.5) is 26.1 Å². The second-order valence-corrected chi connectivity index (χ2v) is 8.06. The van der Waals surface area contributed by atoms with E-state index in [-0.39, 0.29) is 11.2 Å². The van der Waals surface area contributed by atoms with Gasteiger partial charge in [-0.3, -0.25) is 0 Å². The lowest BCUT2D eigenvalue weighted by Gasteiger charge is -2.56. The van der Waals surface area contributed by atoms with Gasteiger partial charge in [-0.2, -0.15) is 4.98 Å². The predicted molar refractivity (Wildman–Crippen MR) is 110 cm³/mol. The highest BCUT2D eigenvalue weighted by atomic mass is 19.1. The first-order valence-electron chi connectivity index (χ1n) is 10.1. The molecule has 0 unspecified atom stereocenters. The van der Waals surface area contributed by atoms with Crippen LogP contribution in [0.2, 0.25) is 0 Å². The summed E-state index contributed by atoms with van der Waals surface area (Å²) in [6.45, 7) is 4.73. The van der Waals surface area contributed by atoms with Crippen molar-refractivity contribution < 1.29 is 13.5 Å². The van der Waals surface area contributed by atoms with E-state index < -0.39 is 11.6 Å². The van der Waals surface area contributed by atoms with Crippen molar-refractivity contribution in [2.75, 3.05) is 30.0 Å². The van der Waals surface area contributed by atoms with Crippen molar-refractivity contribution in [1.82, 2.24) is 14.8 Å². The van der Waals surface area contributed by atoms with Crippen LogP contribution in [0.1, 0.15) is 24.8 Å². The summed E-state index contributed by atoms with van der Waals surface area (Å²) in [5, 5.41) is 7.53. The van der Waals surface area contributed by atoms with Crippen LogP contribution in [-0.4, -0.2) is 40.1 Å². The Kier molecular flexibility index (Phi) is 4.66. The Morgan fingerprint density at radius 2 is 1.73 bits per heavy atom. The topological polar surface area (TPSA) is 55.2 Å². The molecule has 3 aromatic rings. The molecule has 8 heteroatoms. The Morgan fingerprint density at radius 1 is 0.967 bits per heavy atom. The average Bonchev–Trinajstić information content (AvgIpc) is 3.15. The van der Waals surface area contributed by atoms with Gasteiger partial charge in [-0.05, 0) is 62.1 Å². The normalized spacial score (nSPS) is 17.8. The molecule has 1 spiro atoms. The van der Waals surface area contributed by atoms with E-state index in [0.29, 0.717) is 5.95 Å². The van der Waals surface area contributed by atoms with Crippen molar-refractivity contribution in [2.45, 2.75) is 31.7 Å². The predicted octanol–water partition coefficient (Wildman–Crippen LogP) is 4.36. The first-order chi connectivity index (χ1) is 14.5. The Morgan fingerprint density at radius 3 is 2.43 bits per heavy atom. The molecule has 1 aromatic heterocycles. The van der Waals surface area contributed by atoms with Crippen LogP contribution in [0, 0.1) is 18.6 Å². The molecule has 3 heterocycles. The number of nitrogens with zero attached hydrogens (tertiary/aromatic N) is 4. The minimum Gasteiger partial charge on any atom is -0.381 e. The van der Waals surface area contributed by atoms with Crippen LogP contribution < -0.4 is 10.2 Å². The fraction of sp³-hybridized carbons (Fsp3) is 0.364. The third-order valence-electron chi connectivity index (χ3n) is 6.03. The lowest BCUT2D eigenvalue weighted by molar-refractivity contribution is 0.0288. The molecule has 2 aliphatic rings. The number of hydrogen-bond acceptors (Lipinski definition) is 5. The first-order valence-corrected chi connectivity index (χ1v) is 10.1. The molecule has 0 atom stereocenters. The van der Waals surface area contributed by atoms with E-state index in [9.17, 15) is 8.78 Å². The van der Waals surface area contributed by atoms with Gasteiger partial charge in [0.15, 0.2) is 0 Å².